The van der Waals surface area contributed by atoms with Gasteiger partial charge in [-0.05, 0) is 47.9 Å². The number of hydrogen-bond acceptors (Lipinski definition) is 2. The van der Waals surface area contributed by atoms with E-state index in [1.165, 1.54) is 27.5 Å². The van der Waals surface area contributed by atoms with Crippen LogP contribution in [0.25, 0.3) is 0 Å². The van der Waals surface area contributed by atoms with Gasteiger partial charge in [0.2, 0.25) is 0 Å². The second-order valence-corrected chi connectivity index (χ2v) is 7.96. The Hall–Kier alpha value is -0.320. The van der Waals surface area contributed by atoms with E-state index in [1.54, 1.807) is 6.07 Å². The molecule has 0 N–H and O–H groups in total. The molecule has 0 radical (unpaired) electrons. The predicted molar refractivity (Wildman–Crippen MR) is 86.1 cm³/mol. The predicted octanol–water partition coefficient (Wildman–Crippen LogP) is 5.47. The van der Waals surface area contributed by atoms with Gasteiger partial charge in [-0.25, -0.2) is 4.39 Å². The third-order valence-corrected chi connectivity index (χ3v) is 7.01. The molecule has 0 spiro atoms. The van der Waals surface area contributed by atoms with Gasteiger partial charge in [0.25, 0.3) is 0 Å². The Morgan fingerprint density at radius 3 is 2.89 bits per heavy atom. The lowest BCUT2D eigenvalue weighted by Crippen LogP contribution is -1.96. The van der Waals surface area contributed by atoms with E-state index in [1.807, 2.05) is 42.2 Å². The van der Waals surface area contributed by atoms with E-state index in [9.17, 15) is 4.39 Å². The summed E-state index contributed by atoms with van der Waals surface area (Å²) in [6.45, 7) is 1.81. The van der Waals surface area contributed by atoms with Crippen molar-refractivity contribution in [3.05, 3.63) is 56.5 Å². The Balaban J connectivity index is 1.92. The molecule has 0 bridgehead atoms. The second-order valence-electron chi connectivity index (χ2n) is 4.77. The van der Waals surface area contributed by atoms with Crippen molar-refractivity contribution in [3.8, 4) is 0 Å². The SMILES string of the molecule is Cc1cc(C(Br)c2cc3c(s2)CCSC3)ccc1F. The summed E-state index contributed by atoms with van der Waals surface area (Å²) < 4.78 is 13.3. The van der Waals surface area contributed by atoms with E-state index in [2.05, 4.69) is 22.0 Å². The van der Waals surface area contributed by atoms with E-state index in [-0.39, 0.29) is 10.6 Å². The lowest BCUT2D eigenvalue weighted by Gasteiger charge is -2.09. The monoisotopic (exact) mass is 356 g/mol. The number of fused-ring (bicyclic) bond motifs is 1. The van der Waals surface area contributed by atoms with Crippen LogP contribution >= 0.6 is 39.0 Å². The zero-order chi connectivity index (χ0) is 13.4. The molecule has 0 aliphatic carbocycles. The van der Waals surface area contributed by atoms with Crippen LogP contribution < -0.4 is 0 Å². The minimum atomic E-state index is -0.134. The van der Waals surface area contributed by atoms with Crippen molar-refractivity contribution >= 4 is 39.0 Å². The Morgan fingerprint density at radius 1 is 1.32 bits per heavy atom. The van der Waals surface area contributed by atoms with Gasteiger partial charge in [0.05, 0.1) is 4.83 Å². The zero-order valence-electron chi connectivity index (χ0n) is 10.6. The lowest BCUT2D eigenvalue weighted by atomic mass is 10.1. The number of alkyl halides is 1. The Labute approximate surface area is 129 Å². The van der Waals surface area contributed by atoms with Gasteiger partial charge in [0.15, 0.2) is 0 Å². The average molecular weight is 357 g/mol. The number of halogens is 2. The molecule has 100 valence electrons. The van der Waals surface area contributed by atoms with Crippen LogP contribution in [-0.2, 0) is 12.2 Å². The first-order valence-corrected chi connectivity index (χ1v) is 9.13. The molecule has 1 aliphatic heterocycles. The molecule has 0 saturated carbocycles. The van der Waals surface area contributed by atoms with Crippen molar-refractivity contribution in [2.45, 2.75) is 23.9 Å². The van der Waals surface area contributed by atoms with E-state index in [0.29, 0.717) is 5.56 Å². The van der Waals surface area contributed by atoms with Crippen LogP contribution in [0.3, 0.4) is 0 Å². The summed E-state index contributed by atoms with van der Waals surface area (Å²) in [4.78, 5) is 3.03. The number of hydrogen-bond donors (Lipinski definition) is 0. The molecule has 0 saturated heterocycles. The lowest BCUT2D eigenvalue weighted by molar-refractivity contribution is 0.618. The van der Waals surface area contributed by atoms with Gasteiger partial charge in [-0.3, -0.25) is 0 Å². The molecule has 3 rings (SSSR count). The molecule has 1 aliphatic rings. The summed E-state index contributed by atoms with van der Waals surface area (Å²) in [5.74, 6) is 2.23. The van der Waals surface area contributed by atoms with E-state index in [0.717, 1.165) is 11.3 Å². The molecule has 4 heteroatoms. The topological polar surface area (TPSA) is 0 Å². The van der Waals surface area contributed by atoms with Crippen LogP contribution in [-0.4, -0.2) is 5.75 Å². The number of aryl methyl sites for hydroxylation is 2. The summed E-state index contributed by atoms with van der Waals surface area (Å²) in [6.07, 6.45) is 1.19. The van der Waals surface area contributed by atoms with Crippen molar-refractivity contribution in [3.63, 3.8) is 0 Å². The van der Waals surface area contributed by atoms with E-state index >= 15 is 0 Å². The molecule has 0 amide bonds. The summed E-state index contributed by atoms with van der Waals surface area (Å²) in [5.41, 5.74) is 3.32. The molecule has 0 nitrogen and oxygen atoms in total. The Kier molecular flexibility index (Phi) is 4.01. The highest BCUT2D eigenvalue weighted by atomic mass is 79.9. The minimum absolute atomic E-state index is 0.134. The maximum atomic E-state index is 13.3. The number of thiophene rings is 1. The normalized spacial score (nSPS) is 16.2. The van der Waals surface area contributed by atoms with Gasteiger partial charge in [0, 0.05) is 15.5 Å². The van der Waals surface area contributed by atoms with Crippen LogP contribution in [0, 0.1) is 12.7 Å². The van der Waals surface area contributed by atoms with Gasteiger partial charge in [-0.2, -0.15) is 11.8 Å². The summed E-state index contributed by atoms with van der Waals surface area (Å²) in [6, 6.07) is 7.67. The van der Waals surface area contributed by atoms with Crippen molar-refractivity contribution in [2.75, 3.05) is 5.75 Å². The van der Waals surface area contributed by atoms with Gasteiger partial charge in [0.1, 0.15) is 5.82 Å². The third-order valence-electron chi connectivity index (χ3n) is 3.37. The van der Waals surface area contributed by atoms with Crippen LogP contribution in [0.4, 0.5) is 4.39 Å². The highest BCUT2D eigenvalue weighted by Crippen LogP contribution is 2.40. The van der Waals surface area contributed by atoms with E-state index in [4.69, 9.17) is 0 Å². The molecular weight excluding hydrogens is 343 g/mol. The molecule has 2 aromatic rings. The largest absolute Gasteiger partial charge is 0.207 e. The molecule has 19 heavy (non-hydrogen) atoms. The first-order chi connectivity index (χ1) is 9.15. The molecule has 0 fully saturated rings. The van der Waals surface area contributed by atoms with Crippen molar-refractivity contribution in [2.24, 2.45) is 0 Å². The molecule has 1 unspecified atom stereocenters. The second kappa shape index (κ2) is 5.58. The molecule has 1 aromatic heterocycles. The highest BCUT2D eigenvalue weighted by molar-refractivity contribution is 9.09. The van der Waals surface area contributed by atoms with Crippen LogP contribution in [0.2, 0.25) is 0 Å². The number of rotatable bonds is 2. The van der Waals surface area contributed by atoms with Crippen LogP contribution in [0.1, 0.15) is 31.3 Å². The third kappa shape index (κ3) is 2.76. The van der Waals surface area contributed by atoms with Gasteiger partial charge >= 0.3 is 0 Å². The smallest absolute Gasteiger partial charge is 0.126 e. The molecule has 1 atom stereocenters. The van der Waals surface area contributed by atoms with Crippen molar-refractivity contribution < 1.29 is 4.39 Å². The average Bonchev–Trinajstić information content (AvgIpc) is 2.85. The molecular formula is C15H14BrFS2. The number of benzene rings is 1. The molecule has 2 heterocycles. The van der Waals surface area contributed by atoms with E-state index < -0.39 is 0 Å². The van der Waals surface area contributed by atoms with Crippen LogP contribution in [0.5, 0.6) is 0 Å². The van der Waals surface area contributed by atoms with Gasteiger partial charge in [-0.15, -0.1) is 11.3 Å². The zero-order valence-corrected chi connectivity index (χ0v) is 13.8. The first kappa shape index (κ1) is 13.7. The summed E-state index contributed by atoms with van der Waals surface area (Å²) >= 11 is 7.66. The Bertz CT molecular complexity index is 583. The standard InChI is InChI=1S/C15H14BrFS2/c1-9-6-10(2-3-12(9)17)15(16)14-7-11-8-18-5-4-13(11)19-14/h2-3,6-7,15H,4-5,8H2,1H3. The quantitative estimate of drug-likeness (QED) is 0.643. The maximum Gasteiger partial charge on any atom is 0.126 e. The van der Waals surface area contributed by atoms with Crippen molar-refractivity contribution in [1.82, 2.24) is 0 Å². The summed E-state index contributed by atoms with van der Waals surface area (Å²) in [5, 5.41) is 0. The first-order valence-electron chi connectivity index (χ1n) is 6.24. The van der Waals surface area contributed by atoms with Crippen molar-refractivity contribution in [1.29, 1.82) is 0 Å². The molecule has 1 aromatic carbocycles. The Morgan fingerprint density at radius 2 is 2.16 bits per heavy atom. The maximum absolute atomic E-state index is 13.3. The fourth-order valence-electron chi connectivity index (χ4n) is 2.28. The fraction of sp³-hybridized carbons (Fsp3) is 0.333. The van der Waals surface area contributed by atoms with Gasteiger partial charge in [-0.1, -0.05) is 28.1 Å². The fourth-order valence-corrected chi connectivity index (χ4v) is 5.36. The van der Waals surface area contributed by atoms with Gasteiger partial charge < -0.3 is 0 Å². The number of thioether (sulfide) groups is 1. The highest BCUT2D eigenvalue weighted by Gasteiger charge is 2.19. The summed E-state index contributed by atoms with van der Waals surface area (Å²) in [7, 11) is 0. The minimum Gasteiger partial charge on any atom is -0.207 e. The van der Waals surface area contributed by atoms with Crippen LogP contribution in [0.15, 0.2) is 24.3 Å².